The van der Waals surface area contributed by atoms with Crippen LogP contribution >= 0.6 is 11.8 Å². The molecule has 0 atom stereocenters. The first-order valence-corrected chi connectivity index (χ1v) is 10.8. The van der Waals surface area contributed by atoms with E-state index >= 15 is 0 Å². The van der Waals surface area contributed by atoms with Crippen LogP contribution in [0, 0.1) is 13.8 Å². The first-order valence-electron chi connectivity index (χ1n) is 9.81. The fraction of sp³-hybridized carbons (Fsp3) is 0.217. The lowest BCUT2D eigenvalue weighted by Crippen LogP contribution is -2.39. The summed E-state index contributed by atoms with van der Waals surface area (Å²) in [5, 5.41) is 13.5. The number of carbonyl (C=O) groups excluding carboxylic acids is 1. The molecule has 0 aliphatic carbocycles. The van der Waals surface area contributed by atoms with Crippen LogP contribution in [0.15, 0.2) is 63.1 Å². The lowest BCUT2D eigenvalue weighted by molar-refractivity contribution is -0.113. The van der Waals surface area contributed by atoms with Crippen LogP contribution in [0.1, 0.15) is 16.7 Å². The highest BCUT2D eigenvalue weighted by molar-refractivity contribution is 8.15. The zero-order valence-electron chi connectivity index (χ0n) is 18.2. The molecule has 1 amide bonds. The molecule has 0 aliphatic rings. The molecule has 32 heavy (non-hydrogen) atoms. The van der Waals surface area contributed by atoms with E-state index in [0.717, 1.165) is 32.0 Å². The van der Waals surface area contributed by atoms with Gasteiger partial charge in [0.25, 0.3) is 5.56 Å². The van der Waals surface area contributed by atoms with Crippen LogP contribution in [-0.2, 0) is 18.9 Å². The summed E-state index contributed by atoms with van der Waals surface area (Å²) in [6.45, 7) is 3.89. The minimum Gasteiger partial charge on any atom is -0.494 e. The van der Waals surface area contributed by atoms with Gasteiger partial charge in [0.05, 0.1) is 11.4 Å². The van der Waals surface area contributed by atoms with Crippen molar-refractivity contribution >= 4 is 34.1 Å². The van der Waals surface area contributed by atoms with E-state index < -0.39 is 17.1 Å². The number of rotatable bonds is 5. The van der Waals surface area contributed by atoms with Crippen LogP contribution in [0.5, 0.6) is 5.88 Å². The first kappa shape index (κ1) is 23.1. The number of aliphatic imine (C=N–C) groups is 1. The number of benzene rings is 2. The second kappa shape index (κ2) is 9.69. The van der Waals surface area contributed by atoms with E-state index in [2.05, 4.69) is 10.3 Å². The molecule has 0 saturated carbocycles. The second-order valence-electron chi connectivity index (χ2n) is 7.37. The molecule has 0 radical (unpaired) electrons. The highest BCUT2D eigenvalue weighted by Crippen LogP contribution is 2.23. The van der Waals surface area contributed by atoms with Gasteiger partial charge in [0.15, 0.2) is 0 Å². The topological polar surface area (TPSA) is 106 Å². The van der Waals surface area contributed by atoms with Crippen molar-refractivity contribution in [2.24, 2.45) is 19.1 Å². The molecule has 0 saturated heterocycles. The normalized spacial score (nSPS) is 11.4. The summed E-state index contributed by atoms with van der Waals surface area (Å²) in [7, 11) is 2.68. The Bertz CT molecular complexity index is 1290. The Balaban J connectivity index is 1.95. The Morgan fingerprint density at radius 3 is 2.28 bits per heavy atom. The number of hydrogen-bond acceptors (Lipinski definition) is 6. The summed E-state index contributed by atoms with van der Waals surface area (Å²) >= 11 is 1.01. The van der Waals surface area contributed by atoms with Gasteiger partial charge in [-0.05, 0) is 49.2 Å². The van der Waals surface area contributed by atoms with E-state index in [1.165, 1.54) is 14.1 Å². The van der Waals surface area contributed by atoms with E-state index in [4.69, 9.17) is 0 Å². The van der Waals surface area contributed by atoms with Crippen LogP contribution in [0.2, 0.25) is 0 Å². The van der Waals surface area contributed by atoms with Crippen LogP contribution in [0.3, 0.4) is 0 Å². The number of carbonyl (C=O) groups is 1. The summed E-state index contributed by atoms with van der Waals surface area (Å²) < 4.78 is 1.86. The number of aromatic nitrogens is 2. The maximum absolute atomic E-state index is 12.8. The number of para-hydroxylation sites is 1. The molecular weight excluding hydrogens is 428 g/mol. The summed E-state index contributed by atoms with van der Waals surface area (Å²) in [6.07, 6.45) is 0. The van der Waals surface area contributed by atoms with Crippen molar-refractivity contribution in [3.63, 3.8) is 0 Å². The molecule has 166 valence electrons. The fourth-order valence-corrected chi connectivity index (χ4v) is 4.01. The van der Waals surface area contributed by atoms with Gasteiger partial charge < -0.3 is 10.4 Å². The molecule has 0 aliphatic heterocycles. The molecular formula is C23H24N4O4S. The molecule has 0 fully saturated rings. The third-order valence-corrected chi connectivity index (χ3v) is 5.66. The van der Waals surface area contributed by atoms with Crippen molar-refractivity contribution in [1.82, 2.24) is 9.13 Å². The number of aromatic hydroxyl groups is 1. The van der Waals surface area contributed by atoms with Gasteiger partial charge in [-0.3, -0.25) is 18.7 Å². The van der Waals surface area contributed by atoms with Crippen LogP contribution < -0.4 is 16.6 Å². The lowest BCUT2D eigenvalue weighted by atomic mass is 10.1. The number of amides is 1. The van der Waals surface area contributed by atoms with Crippen molar-refractivity contribution in [1.29, 1.82) is 0 Å². The molecule has 0 unspecified atom stereocenters. The Kier molecular flexibility index (Phi) is 6.99. The zero-order valence-corrected chi connectivity index (χ0v) is 19.1. The van der Waals surface area contributed by atoms with E-state index in [9.17, 15) is 19.5 Å². The molecule has 1 heterocycles. The maximum atomic E-state index is 12.8. The van der Waals surface area contributed by atoms with Crippen molar-refractivity contribution in [2.75, 3.05) is 11.1 Å². The third-order valence-electron chi connectivity index (χ3n) is 4.68. The zero-order chi connectivity index (χ0) is 23.4. The van der Waals surface area contributed by atoms with Gasteiger partial charge in [0.2, 0.25) is 11.8 Å². The van der Waals surface area contributed by atoms with Gasteiger partial charge >= 0.3 is 5.69 Å². The molecule has 3 rings (SSSR count). The molecule has 0 spiro atoms. The first-order chi connectivity index (χ1) is 15.2. The van der Waals surface area contributed by atoms with Crippen molar-refractivity contribution in [3.8, 4) is 5.88 Å². The van der Waals surface area contributed by atoms with Gasteiger partial charge in [-0.25, -0.2) is 9.79 Å². The molecule has 0 bridgehead atoms. The Hall–Kier alpha value is -3.59. The highest BCUT2D eigenvalue weighted by Gasteiger charge is 2.22. The average molecular weight is 453 g/mol. The van der Waals surface area contributed by atoms with Crippen molar-refractivity contribution < 1.29 is 9.90 Å². The maximum Gasteiger partial charge on any atom is 0.333 e. The Labute approximate surface area is 189 Å². The molecule has 1 aromatic heterocycles. The van der Waals surface area contributed by atoms with Crippen molar-refractivity contribution in [3.05, 3.63) is 86.1 Å². The predicted molar refractivity (Wildman–Crippen MR) is 128 cm³/mol. The van der Waals surface area contributed by atoms with E-state index in [-0.39, 0.29) is 22.3 Å². The lowest BCUT2D eigenvalue weighted by Gasteiger charge is -2.13. The van der Waals surface area contributed by atoms with Crippen molar-refractivity contribution in [2.45, 2.75) is 13.8 Å². The number of anilines is 1. The number of thioether (sulfide) groups is 1. The predicted octanol–water partition coefficient (Wildman–Crippen LogP) is 2.86. The molecule has 2 aromatic carbocycles. The van der Waals surface area contributed by atoms with Gasteiger partial charge in [0, 0.05) is 19.8 Å². The van der Waals surface area contributed by atoms with E-state index in [0.29, 0.717) is 11.4 Å². The fourth-order valence-electron chi connectivity index (χ4n) is 3.18. The summed E-state index contributed by atoms with van der Waals surface area (Å²) in [5.74, 6) is -0.846. The monoisotopic (exact) mass is 452 g/mol. The quantitative estimate of drug-likeness (QED) is 0.457. The second-order valence-corrected chi connectivity index (χ2v) is 8.33. The number of aryl methyl sites for hydroxylation is 2. The molecule has 3 aromatic rings. The molecule has 8 nitrogen and oxygen atoms in total. The number of hydrogen-bond donors (Lipinski definition) is 2. The van der Waals surface area contributed by atoms with Gasteiger partial charge in [0.1, 0.15) is 10.6 Å². The smallest absolute Gasteiger partial charge is 0.333 e. The van der Waals surface area contributed by atoms with Crippen LogP contribution in [0.25, 0.3) is 0 Å². The Morgan fingerprint density at radius 1 is 1.03 bits per heavy atom. The summed E-state index contributed by atoms with van der Waals surface area (Å²) in [5.41, 5.74) is 1.78. The minimum atomic E-state index is -0.692. The Morgan fingerprint density at radius 2 is 1.66 bits per heavy atom. The van der Waals surface area contributed by atoms with Gasteiger partial charge in [-0.2, -0.15) is 0 Å². The summed E-state index contributed by atoms with van der Waals surface area (Å²) in [4.78, 5) is 42.0. The summed E-state index contributed by atoms with van der Waals surface area (Å²) in [6, 6.07) is 14.6. The minimum absolute atomic E-state index is 0.0515. The largest absolute Gasteiger partial charge is 0.494 e. The van der Waals surface area contributed by atoms with Gasteiger partial charge in [-0.1, -0.05) is 36.0 Å². The SMILES string of the molecule is Cc1cc(C)cc(NC(=O)CSC(=Nc2ccccc2)c2c(O)n(C)c(=O)n(C)c2=O)c1. The third kappa shape index (κ3) is 5.17. The highest BCUT2D eigenvalue weighted by atomic mass is 32.2. The van der Waals surface area contributed by atoms with Gasteiger partial charge in [-0.15, -0.1) is 0 Å². The molecule has 2 N–H and O–H groups in total. The number of nitrogens with one attached hydrogen (secondary N) is 1. The molecule has 9 heteroatoms. The van der Waals surface area contributed by atoms with Crippen LogP contribution in [-0.4, -0.2) is 30.9 Å². The van der Waals surface area contributed by atoms with Crippen LogP contribution in [0.4, 0.5) is 11.4 Å². The van der Waals surface area contributed by atoms with E-state index in [1.54, 1.807) is 24.3 Å². The standard InChI is InChI=1S/C23H24N4O4S/c1-14-10-15(2)12-17(11-14)24-18(28)13-32-20(25-16-8-6-5-7-9-16)19-21(29)26(3)23(31)27(4)22(19)30/h5-12,29H,13H2,1-4H3,(H,24,28). The number of nitrogens with zero attached hydrogens (tertiary/aromatic N) is 3. The average Bonchev–Trinajstić information content (AvgIpc) is 2.74. The van der Waals surface area contributed by atoms with E-state index in [1.807, 2.05) is 38.1 Å².